The molecule has 1 amide bonds. The minimum atomic E-state index is -0.707. The number of terminal acetylenes is 1. The van der Waals surface area contributed by atoms with Crippen molar-refractivity contribution in [2.24, 2.45) is 0 Å². The molecule has 0 saturated carbocycles. The zero-order valence-corrected chi connectivity index (χ0v) is 7.23. The topological polar surface area (TPSA) is 29.1 Å². The van der Waals surface area contributed by atoms with Crippen molar-refractivity contribution in [1.82, 2.24) is 0 Å². The highest BCUT2D eigenvalue weighted by Gasteiger charge is 2.07. The lowest BCUT2D eigenvalue weighted by Crippen LogP contribution is -2.09. The summed E-state index contributed by atoms with van der Waals surface area (Å²) in [5.74, 6) is 0.406. The van der Waals surface area contributed by atoms with Crippen molar-refractivity contribution < 1.29 is 9.18 Å². The van der Waals surface area contributed by atoms with E-state index in [4.69, 9.17) is 18.0 Å². The highest BCUT2D eigenvalue weighted by Crippen LogP contribution is 2.21. The van der Waals surface area contributed by atoms with Gasteiger partial charge in [0.25, 0.3) is 5.91 Å². The van der Waals surface area contributed by atoms with Gasteiger partial charge >= 0.3 is 0 Å². The molecule has 1 aromatic carbocycles. The van der Waals surface area contributed by atoms with Crippen molar-refractivity contribution in [2.45, 2.75) is 0 Å². The molecule has 0 fully saturated rings. The summed E-state index contributed by atoms with van der Waals surface area (Å²) in [5, 5.41) is 2.11. The number of amides is 1. The van der Waals surface area contributed by atoms with Gasteiger partial charge in [-0.05, 0) is 18.1 Å². The van der Waals surface area contributed by atoms with Gasteiger partial charge in [-0.15, -0.1) is 6.42 Å². The molecule has 0 radical (unpaired) electrons. The summed E-state index contributed by atoms with van der Waals surface area (Å²) < 4.78 is 13.1. The molecule has 0 spiro atoms. The molecule has 1 N–H and O–H groups in total. The van der Waals surface area contributed by atoms with Crippen LogP contribution < -0.4 is 5.32 Å². The molecule has 13 heavy (non-hydrogen) atoms. The Morgan fingerprint density at radius 2 is 2.31 bits per heavy atom. The van der Waals surface area contributed by atoms with Crippen molar-refractivity contribution in [3.8, 4) is 12.3 Å². The van der Waals surface area contributed by atoms with Crippen LogP contribution in [0.4, 0.5) is 10.1 Å². The molecule has 1 aromatic rings. The van der Waals surface area contributed by atoms with Crippen LogP contribution in [-0.4, -0.2) is 5.91 Å². The quantitative estimate of drug-likeness (QED) is 0.686. The summed E-state index contributed by atoms with van der Waals surface area (Å²) in [5.41, 5.74) is -0.0181. The third-order valence-corrected chi connectivity index (χ3v) is 1.62. The zero-order valence-electron chi connectivity index (χ0n) is 6.47. The molecule has 0 aliphatic heterocycles. The zero-order chi connectivity index (χ0) is 9.84. The molecular formula is C9H5ClFNO. The van der Waals surface area contributed by atoms with Crippen LogP contribution in [0.25, 0.3) is 0 Å². The fraction of sp³-hybridized carbons (Fsp3) is 0. The molecular weight excluding hydrogens is 193 g/mol. The predicted octanol–water partition coefficient (Wildman–Crippen LogP) is 2.05. The van der Waals surface area contributed by atoms with E-state index in [-0.39, 0.29) is 10.7 Å². The minimum absolute atomic E-state index is 0.0181. The molecule has 2 nitrogen and oxygen atoms in total. The standard InChI is InChI=1S/C9H5ClFNO/c1-2-8(13)12-7-5-3-4-6(10)9(7)11/h1,3-5H,(H,12,13). The van der Waals surface area contributed by atoms with E-state index in [9.17, 15) is 9.18 Å². The first-order valence-corrected chi connectivity index (χ1v) is 3.74. The van der Waals surface area contributed by atoms with Crippen molar-refractivity contribution >= 4 is 23.2 Å². The number of nitrogens with one attached hydrogen (secondary N) is 1. The van der Waals surface area contributed by atoms with E-state index < -0.39 is 11.7 Å². The number of carbonyl (C=O) groups is 1. The van der Waals surface area contributed by atoms with E-state index in [1.165, 1.54) is 18.2 Å². The molecule has 0 saturated heterocycles. The fourth-order valence-electron chi connectivity index (χ4n) is 0.759. The number of halogens is 2. The smallest absolute Gasteiger partial charge is 0.300 e. The minimum Gasteiger partial charge on any atom is -0.313 e. The fourth-order valence-corrected chi connectivity index (χ4v) is 0.933. The van der Waals surface area contributed by atoms with Gasteiger partial charge in [0.15, 0.2) is 5.82 Å². The second kappa shape index (κ2) is 3.92. The largest absolute Gasteiger partial charge is 0.313 e. The van der Waals surface area contributed by atoms with Crippen LogP contribution in [-0.2, 0) is 4.79 Å². The van der Waals surface area contributed by atoms with Gasteiger partial charge in [-0.1, -0.05) is 17.7 Å². The second-order valence-corrected chi connectivity index (χ2v) is 2.61. The van der Waals surface area contributed by atoms with Crippen LogP contribution in [0.3, 0.4) is 0 Å². The third kappa shape index (κ3) is 2.20. The average molecular weight is 198 g/mol. The molecule has 66 valence electrons. The summed E-state index contributed by atoms with van der Waals surface area (Å²) in [7, 11) is 0. The number of hydrogen-bond acceptors (Lipinski definition) is 1. The van der Waals surface area contributed by atoms with Crippen LogP contribution in [0, 0.1) is 18.2 Å². The van der Waals surface area contributed by atoms with Crippen LogP contribution in [0.1, 0.15) is 0 Å². The van der Waals surface area contributed by atoms with Gasteiger partial charge in [0, 0.05) is 0 Å². The van der Waals surface area contributed by atoms with Gasteiger partial charge in [0.05, 0.1) is 10.7 Å². The SMILES string of the molecule is C#CC(=O)Nc1cccc(Cl)c1F. The molecule has 1 rings (SSSR count). The molecule has 0 aromatic heterocycles. The third-order valence-electron chi connectivity index (χ3n) is 1.33. The Labute approximate surface area is 79.7 Å². The number of benzene rings is 1. The van der Waals surface area contributed by atoms with Gasteiger partial charge in [-0.25, -0.2) is 4.39 Å². The number of anilines is 1. The van der Waals surface area contributed by atoms with Gasteiger partial charge in [0.1, 0.15) is 0 Å². The van der Waals surface area contributed by atoms with E-state index in [0.717, 1.165) is 0 Å². The van der Waals surface area contributed by atoms with Gasteiger partial charge in [0.2, 0.25) is 0 Å². The average Bonchev–Trinajstić information content (AvgIpc) is 2.13. The Morgan fingerprint density at radius 3 is 2.92 bits per heavy atom. The molecule has 4 heteroatoms. The molecule has 0 unspecified atom stereocenters. The molecule has 0 aliphatic rings. The van der Waals surface area contributed by atoms with E-state index in [1.807, 2.05) is 0 Å². The van der Waals surface area contributed by atoms with E-state index >= 15 is 0 Å². The molecule has 0 atom stereocenters. The van der Waals surface area contributed by atoms with Crippen molar-refractivity contribution in [3.63, 3.8) is 0 Å². The number of hydrogen-bond donors (Lipinski definition) is 1. The van der Waals surface area contributed by atoms with Gasteiger partial charge < -0.3 is 5.32 Å². The predicted molar refractivity (Wildman–Crippen MR) is 48.9 cm³/mol. The first kappa shape index (κ1) is 9.56. The normalized spacial score (nSPS) is 9.00. The van der Waals surface area contributed by atoms with Crippen molar-refractivity contribution in [1.29, 1.82) is 0 Å². The summed E-state index contributed by atoms with van der Waals surface area (Å²) in [4.78, 5) is 10.7. The summed E-state index contributed by atoms with van der Waals surface area (Å²) >= 11 is 5.46. The van der Waals surface area contributed by atoms with Gasteiger partial charge in [-0.2, -0.15) is 0 Å². The molecule has 0 bridgehead atoms. The Bertz CT molecular complexity index is 384. The Hall–Kier alpha value is -1.53. The maximum atomic E-state index is 13.1. The second-order valence-electron chi connectivity index (χ2n) is 2.20. The van der Waals surface area contributed by atoms with E-state index in [1.54, 1.807) is 5.92 Å². The highest BCUT2D eigenvalue weighted by molar-refractivity contribution is 6.31. The van der Waals surface area contributed by atoms with Gasteiger partial charge in [-0.3, -0.25) is 4.79 Å². The van der Waals surface area contributed by atoms with Crippen LogP contribution in [0.15, 0.2) is 18.2 Å². The van der Waals surface area contributed by atoms with Crippen LogP contribution >= 0.6 is 11.6 Å². The Morgan fingerprint density at radius 1 is 1.62 bits per heavy atom. The first-order valence-electron chi connectivity index (χ1n) is 3.36. The lowest BCUT2D eigenvalue weighted by Gasteiger charge is -2.02. The maximum Gasteiger partial charge on any atom is 0.300 e. The summed E-state index contributed by atoms with van der Waals surface area (Å²) in [6.07, 6.45) is 4.79. The van der Waals surface area contributed by atoms with E-state index in [2.05, 4.69) is 5.32 Å². The summed E-state index contributed by atoms with van der Waals surface area (Å²) in [6.45, 7) is 0. The maximum absolute atomic E-state index is 13.1. The lowest BCUT2D eigenvalue weighted by atomic mass is 10.3. The monoisotopic (exact) mass is 197 g/mol. The first-order chi connectivity index (χ1) is 6.15. The molecule has 0 heterocycles. The summed E-state index contributed by atoms with van der Waals surface area (Å²) in [6, 6.07) is 4.26. The molecule has 0 aliphatic carbocycles. The van der Waals surface area contributed by atoms with Crippen LogP contribution in [0.2, 0.25) is 5.02 Å². The highest BCUT2D eigenvalue weighted by atomic mass is 35.5. The van der Waals surface area contributed by atoms with Crippen molar-refractivity contribution in [2.75, 3.05) is 5.32 Å². The van der Waals surface area contributed by atoms with E-state index in [0.29, 0.717) is 0 Å². The Kier molecular flexibility index (Phi) is 2.88. The Balaban J connectivity index is 2.97. The van der Waals surface area contributed by atoms with Crippen molar-refractivity contribution in [3.05, 3.63) is 29.0 Å². The lowest BCUT2D eigenvalue weighted by molar-refractivity contribution is -0.111. The number of carbonyl (C=O) groups excluding carboxylic acids is 1. The van der Waals surface area contributed by atoms with Crippen LogP contribution in [0.5, 0.6) is 0 Å². The number of rotatable bonds is 1.